The molecule has 0 fully saturated rings. The normalized spacial score (nSPS) is 10.8. The lowest BCUT2D eigenvalue weighted by Crippen LogP contribution is -2.23. The zero-order valence-electron chi connectivity index (χ0n) is 15.9. The number of hydrogen-bond donors (Lipinski definition) is 2. The van der Waals surface area contributed by atoms with Crippen molar-refractivity contribution in [1.29, 1.82) is 0 Å². The second-order valence-corrected chi connectivity index (χ2v) is 7.36. The Morgan fingerprint density at radius 1 is 0.833 bits per heavy atom. The van der Waals surface area contributed by atoms with E-state index >= 15 is 0 Å². The number of benzene rings is 4. The van der Waals surface area contributed by atoms with Crippen LogP contribution in [0, 0.1) is 0 Å². The molecule has 0 bridgehead atoms. The van der Waals surface area contributed by atoms with E-state index in [1.54, 1.807) is 18.3 Å². The van der Waals surface area contributed by atoms with Gasteiger partial charge in [0.05, 0.1) is 6.21 Å². The summed E-state index contributed by atoms with van der Waals surface area (Å²) in [6.07, 6.45) is 1.69. The second kappa shape index (κ2) is 9.39. The summed E-state index contributed by atoms with van der Waals surface area (Å²) in [5.41, 5.74) is 4.55. The topological polar surface area (TPSA) is 45.7 Å². The van der Waals surface area contributed by atoms with Crippen LogP contribution in [0.15, 0.2) is 96.1 Å². The highest BCUT2D eigenvalue weighted by atomic mass is 35.5. The maximum atomic E-state index is 5.96. The number of thiocarbonyl (C=S) groups is 1. The van der Waals surface area contributed by atoms with Gasteiger partial charge in [0, 0.05) is 10.7 Å². The van der Waals surface area contributed by atoms with Crippen LogP contribution in [-0.4, -0.2) is 11.3 Å². The first kappa shape index (κ1) is 19.9. The van der Waals surface area contributed by atoms with Gasteiger partial charge in [-0.2, -0.15) is 5.10 Å². The molecule has 4 aromatic carbocycles. The molecule has 0 saturated heterocycles. The predicted octanol–water partition coefficient (Wildman–Crippen LogP) is 6.61. The maximum Gasteiger partial charge on any atom is 0.191 e. The molecule has 0 spiro atoms. The maximum absolute atomic E-state index is 5.96. The number of halogens is 1. The summed E-state index contributed by atoms with van der Waals surface area (Å²) in [4.78, 5) is 0. The van der Waals surface area contributed by atoms with Crippen LogP contribution in [0.2, 0.25) is 5.02 Å². The van der Waals surface area contributed by atoms with Crippen molar-refractivity contribution in [2.45, 2.75) is 0 Å². The van der Waals surface area contributed by atoms with Crippen LogP contribution in [0.25, 0.3) is 10.8 Å². The Hall–Kier alpha value is -3.41. The van der Waals surface area contributed by atoms with E-state index in [1.807, 2.05) is 60.7 Å². The molecule has 0 amide bonds. The molecule has 4 rings (SSSR count). The van der Waals surface area contributed by atoms with Crippen molar-refractivity contribution in [2.24, 2.45) is 5.10 Å². The van der Waals surface area contributed by atoms with E-state index in [0.717, 1.165) is 28.1 Å². The Bertz CT molecular complexity index is 1190. The quantitative estimate of drug-likeness (QED) is 0.212. The lowest BCUT2D eigenvalue weighted by Gasteiger charge is -2.08. The van der Waals surface area contributed by atoms with Crippen LogP contribution in [0.1, 0.15) is 5.56 Å². The minimum absolute atomic E-state index is 0.393. The Morgan fingerprint density at radius 2 is 1.53 bits per heavy atom. The summed E-state index contributed by atoms with van der Waals surface area (Å²) < 4.78 is 5.96. The Kier molecular flexibility index (Phi) is 6.23. The molecule has 148 valence electrons. The highest BCUT2D eigenvalue weighted by Gasteiger charge is 2.00. The molecule has 0 unspecified atom stereocenters. The average molecular weight is 432 g/mol. The number of rotatable bonds is 5. The zero-order chi connectivity index (χ0) is 20.8. The van der Waals surface area contributed by atoms with Gasteiger partial charge in [-0.05, 0) is 89.2 Å². The fourth-order valence-corrected chi connectivity index (χ4v) is 3.14. The first-order valence-corrected chi connectivity index (χ1v) is 10.1. The number of nitrogens with zero attached hydrogens (tertiary/aromatic N) is 1. The standard InChI is InChI=1S/C24H18ClN3OS/c25-20-8-10-21(11-9-20)27-24(30)28-26-16-17-5-12-22(13-6-17)29-23-14-7-18-3-1-2-4-19(18)15-23/h1-16H,(H2,27,28,30)/b26-16+. The second-order valence-electron chi connectivity index (χ2n) is 6.51. The summed E-state index contributed by atoms with van der Waals surface area (Å²) in [6.45, 7) is 0. The van der Waals surface area contributed by atoms with E-state index in [9.17, 15) is 0 Å². The van der Waals surface area contributed by atoms with Gasteiger partial charge in [-0.1, -0.05) is 41.9 Å². The lowest BCUT2D eigenvalue weighted by molar-refractivity contribution is 0.483. The minimum Gasteiger partial charge on any atom is -0.457 e. The zero-order valence-corrected chi connectivity index (χ0v) is 17.5. The van der Waals surface area contributed by atoms with Crippen LogP contribution in [-0.2, 0) is 0 Å². The third-order valence-corrected chi connectivity index (χ3v) is 4.76. The van der Waals surface area contributed by atoms with E-state index in [-0.39, 0.29) is 0 Å². The summed E-state index contributed by atoms with van der Waals surface area (Å²) in [5.74, 6) is 1.56. The van der Waals surface area contributed by atoms with Gasteiger partial charge < -0.3 is 10.1 Å². The molecule has 2 N–H and O–H groups in total. The molecule has 4 nitrogen and oxygen atoms in total. The van der Waals surface area contributed by atoms with E-state index in [1.165, 1.54) is 5.39 Å². The van der Waals surface area contributed by atoms with E-state index in [4.69, 9.17) is 28.6 Å². The first-order valence-electron chi connectivity index (χ1n) is 9.28. The lowest BCUT2D eigenvalue weighted by atomic mass is 10.1. The van der Waals surface area contributed by atoms with Crippen molar-refractivity contribution in [3.8, 4) is 11.5 Å². The molecule has 0 saturated carbocycles. The fraction of sp³-hybridized carbons (Fsp3) is 0. The van der Waals surface area contributed by atoms with Crippen molar-refractivity contribution in [2.75, 3.05) is 5.32 Å². The van der Waals surface area contributed by atoms with Crippen LogP contribution in [0.5, 0.6) is 11.5 Å². The van der Waals surface area contributed by atoms with Gasteiger partial charge >= 0.3 is 0 Å². The molecule has 0 aliphatic carbocycles. The third-order valence-electron chi connectivity index (χ3n) is 4.32. The van der Waals surface area contributed by atoms with Gasteiger partial charge in [0.25, 0.3) is 0 Å². The molecule has 0 aliphatic heterocycles. The molecule has 4 aromatic rings. The van der Waals surface area contributed by atoms with Crippen molar-refractivity contribution in [3.05, 3.63) is 102 Å². The molecule has 0 heterocycles. The number of hydrogen-bond acceptors (Lipinski definition) is 3. The highest BCUT2D eigenvalue weighted by molar-refractivity contribution is 7.80. The van der Waals surface area contributed by atoms with Gasteiger partial charge in [0.2, 0.25) is 0 Å². The molecular weight excluding hydrogens is 414 g/mol. The van der Waals surface area contributed by atoms with Gasteiger partial charge in [-0.25, -0.2) is 0 Å². The molecule has 0 aliphatic rings. The van der Waals surface area contributed by atoms with Gasteiger partial charge in [-0.15, -0.1) is 0 Å². The molecule has 30 heavy (non-hydrogen) atoms. The number of fused-ring (bicyclic) bond motifs is 1. The Balaban J connectivity index is 1.32. The summed E-state index contributed by atoms with van der Waals surface area (Å²) in [7, 11) is 0. The minimum atomic E-state index is 0.393. The summed E-state index contributed by atoms with van der Waals surface area (Å²) in [5, 5.41) is 10.6. The summed E-state index contributed by atoms with van der Waals surface area (Å²) >= 11 is 11.1. The third kappa shape index (κ3) is 5.35. The Morgan fingerprint density at radius 3 is 2.30 bits per heavy atom. The molecule has 0 atom stereocenters. The van der Waals surface area contributed by atoms with Crippen molar-refractivity contribution >= 4 is 51.6 Å². The van der Waals surface area contributed by atoms with Crippen LogP contribution < -0.4 is 15.5 Å². The predicted molar refractivity (Wildman–Crippen MR) is 129 cm³/mol. The van der Waals surface area contributed by atoms with Crippen molar-refractivity contribution < 1.29 is 4.74 Å². The first-order chi connectivity index (χ1) is 14.7. The van der Waals surface area contributed by atoms with Gasteiger partial charge in [-0.3, -0.25) is 5.43 Å². The number of nitrogens with one attached hydrogen (secondary N) is 2. The monoisotopic (exact) mass is 431 g/mol. The van der Waals surface area contributed by atoms with Crippen LogP contribution in [0.4, 0.5) is 5.69 Å². The molecule has 0 aromatic heterocycles. The molecular formula is C24H18ClN3OS. The largest absolute Gasteiger partial charge is 0.457 e. The van der Waals surface area contributed by atoms with Crippen molar-refractivity contribution in [3.63, 3.8) is 0 Å². The van der Waals surface area contributed by atoms with Crippen LogP contribution >= 0.6 is 23.8 Å². The molecule has 0 radical (unpaired) electrons. The number of hydrazone groups is 1. The molecule has 6 heteroatoms. The number of ether oxygens (including phenoxy) is 1. The van der Waals surface area contributed by atoms with E-state index in [0.29, 0.717) is 10.1 Å². The highest BCUT2D eigenvalue weighted by Crippen LogP contribution is 2.25. The van der Waals surface area contributed by atoms with Gasteiger partial charge in [0.1, 0.15) is 11.5 Å². The SMILES string of the molecule is S=C(N/N=C/c1ccc(Oc2ccc3ccccc3c2)cc1)Nc1ccc(Cl)cc1. The van der Waals surface area contributed by atoms with E-state index in [2.05, 4.69) is 34.0 Å². The smallest absolute Gasteiger partial charge is 0.191 e. The fourth-order valence-electron chi connectivity index (χ4n) is 2.85. The Labute approximate surface area is 185 Å². The van der Waals surface area contributed by atoms with Crippen molar-refractivity contribution in [1.82, 2.24) is 5.43 Å². The van der Waals surface area contributed by atoms with Crippen LogP contribution in [0.3, 0.4) is 0 Å². The van der Waals surface area contributed by atoms with Gasteiger partial charge in [0.15, 0.2) is 5.11 Å². The van der Waals surface area contributed by atoms with E-state index < -0.39 is 0 Å². The number of anilines is 1. The average Bonchev–Trinajstić information content (AvgIpc) is 2.76. The summed E-state index contributed by atoms with van der Waals surface area (Å²) in [6, 6.07) is 29.2.